The van der Waals surface area contributed by atoms with Gasteiger partial charge in [-0.1, -0.05) is 12.1 Å². The zero-order valence-electron chi connectivity index (χ0n) is 20.4. The average molecular weight is 527 g/mol. The van der Waals surface area contributed by atoms with Gasteiger partial charge in [0.15, 0.2) is 11.6 Å². The lowest BCUT2D eigenvalue weighted by Gasteiger charge is -2.27. The molecular formula is C24H29F3N4O4S. The number of nitrogens with zero attached hydrogens (tertiary/aromatic N) is 4. The molecule has 1 amide bonds. The third-order valence-electron chi connectivity index (χ3n) is 5.92. The van der Waals surface area contributed by atoms with E-state index in [-0.39, 0.29) is 24.0 Å². The second-order valence-corrected chi connectivity index (χ2v) is 11.4. The standard InChI is InChI=1S/C24H29F3N4O4S/c1-24(2,3)35-23(32)29-10-6-9-28(11-13-29)12-14-30-20-7-4-5-8-21(20)31(36(30,33)34)22-18(26)15-17(25)16-19(22)27/h4-5,7-8,15-16H,6,9-14H2,1-3H3. The molecule has 0 unspecified atom stereocenters. The smallest absolute Gasteiger partial charge is 0.410 e. The summed E-state index contributed by atoms with van der Waals surface area (Å²) < 4.78 is 76.8. The van der Waals surface area contributed by atoms with Crippen molar-refractivity contribution in [2.75, 3.05) is 47.9 Å². The van der Waals surface area contributed by atoms with E-state index in [4.69, 9.17) is 4.74 Å². The maximum absolute atomic E-state index is 14.6. The molecule has 0 atom stereocenters. The lowest BCUT2D eigenvalue weighted by atomic mass is 10.2. The van der Waals surface area contributed by atoms with Crippen molar-refractivity contribution in [1.29, 1.82) is 0 Å². The van der Waals surface area contributed by atoms with E-state index in [1.54, 1.807) is 43.9 Å². The van der Waals surface area contributed by atoms with Crippen LogP contribution in [0.25, 0.3) is 0 Å². The van der Waals surface area contributed by atoms with Gasteiger partial charge in [0.2, 0.25) is 0 Å². The second kappa shape index (κ2) is 9.81. The van der Waals surface area contributed by atoms with Crippen LogP contribution in [0, 0.1) is 17.5 Å². The summed E-state index contributed by atoms with van der Waals surface area (Å²) in [5.74, 6) is -3.78. The van der Waals surface area contributed by atoms with Gasteiger partial charge >= 0.3 is 16.3 Å². The van der Waals surface area contributed by atoms with Crippen molar-refractivity contribution >= 4 is 33.4 Å². The van der Waals surface area contributed by atoms with Crippen molar-refractivity contribution in [3.05, 3.63) is 53.8 Å². The van der Waals surface area contributed by atoms with Crippen molar-refractivity contribution in [2.45, 2.75) is 32.8 Å². The first-order valence-electron chi connectivity index (χ1n) is 11.7. The number of halogens is 3. The van der Waals surface area contributed by atoms with Crippen LogP contribution in [0.5, 0.6) is 0 Å². The number of carbonyl (C=O) groups excluding carboxylic acids is 1. The first kappa shape index (κ1) is 26.1. The number of fused-ring (bicyclic) bond motifs is 1. The van der Waals surface area contributed by atoms with E-state index < -0.39 is 38.9 Å². The molecule has 196 valence electrons. The zero-order valence-corrected chi connectivity index (χ0v) is 21.2. The summed E-state index contributed by atoms with van der Waals surface area (Å²) in [7, 11) is -4.40. The molecule has 0 aliphatic carbocycles. The topological polar surface area (TPSA) is 73.4 Å². The average Bonchev–Trinajstić information content (AvgIpc) is 2.90. The maximum atomic E-state index is 14.6. The van der Waals surface area contributed by atoms with Crippen LogP contribution in [0.1, 0.15) is 27.2 Å². The van der Waals surface area contributed by atoms with E-state index in [2.05, 4.69) is 0 Å². The Morgan fingerprint density at radius 3 is 2.22 bits per heavy atom. The van der Waals surface area contributed by atoms with Crippen molar-refractivity contribution < 1.29 is 31.1 Å². The molecule has 4 rings (SSSR count). The minimum Gasteiger partial charge on any atom is -0.444 e. The van der Waals surface area contributed by atoms with Crippen LogP contribution in [0.4, 0.5) is 35.0 Å². The highest BCUT2D eigenvalue weighted by atomic mass is 32.2. The Morgan fingerprint density at radius 2 is 1.58 bits per heavy atom. The van der Waals surface area contributed by atoms with E-state index in [9.17, 15) is 26.4 Å². The Morgan fingerprint density at radius 1 is 0.944 bits per heavy atom. The van der Waals surface area contributed by atoms with Gasteiger partial charge in [-0.3, -0.25) is 4.90 Å². The van der Waals surface area contributed by atoms with Crippen LogP contribution in [0.15, 0.2) is 36.4 Å². The molecule has 12 heteroatoms. The Labute approximate surface area is 209 Å². The first-order chi connectivity index (χ1) is 16.9. The molecule has 36 heavy (non-hydrogen) atoms. The largest absolute Gasteiger partial charge is 0.444 e. The predicted octanol–water partition coefficient (Wildman–Crippen LogP) is 4.25. The summed E-state index contributed by atoms with van der Waals surface area (Å²) >= 11 is 0. The molecule has 0 N–H and O–H groups in total. The predicted molar refractivity (Wildman–Crippen MR) is 130 cm³/mol. The Hall–Kier alpha value is -2.99. The summed E-state index contributed by atoms with van der Waals surface area (Å²) in [5, 5.41) is 0. The summed E-state index contributed by atoms with van der Waals surface area (Å²) in [6, 6.07) is 7.09. The molecule has 0 saturated carbocycles. The number of hydrogen-bond donors (Lipinski definition) is 0. The number of benzene rings is 2. The van der Waals surface area contributed by atoms with E-state index in [1.807, 2.05) is 4.90 Å². The summed E-state index contributed by atoms with van der Waals surface area (Å²) in [6.45, 7) is 7.86. The molecule has 0 radical (unpaired) electrons. The van der Waals surface area contributed by atoms with E-state index >= 15 is 0 Å². The summed E-state index contributed by atoms with van der Waals surface area (Å²) in [4.78, 5) is 16.1. The minimum atomic E-state index is -4.40. The van der Waals surface area contributed by atoms with Gasteiger partial charge in [-0.25, -0.2) is 26.6 Å². The molecular weight excluding hydrogens is 497 g/mol. The second-order valence-electron chi connectivity index (χ2n) is 9.71. The molecule has 1 fully saturated rings. The number of anilines is 3. The van der Waals surface area contributed by atoms with Crippen molar-refractivity contribution in [3.8, 4) is 0 Å². The van der Waals surface area contributed by atoms with Gasteiger partial charge in [-0.05, 0) is 45.9 Å². The molecule has 2 heterocycles. The minimum absolute atomic E-state index is 0.0206. The highest BCUT2D eigenvalue weighted by Gasteiger charge is 2.43. The fourth-order valence-corrected chi connectivity index (χ4v) is 6.05. The first-order valence-corrected chi connectivity index (χ1v) is 13.0. The molecule has 0 aromatic heterocycles. The van der Waals surface area contributed by atoms with Gasteiger partial charge in [0.1, 0.15) is 17.1 Å². The molecule has 2 aromatic carbocycles. The van der Waals surface area contributed by atoms with Crippen molar-refractivity contribution in [3.63, 3.8) is 0 Å². The number of para-hydroxylation sites is 2. The van der Waals surface area contributed by atoms with Gasteiger partial charge in [0, 0.05) is 44.9 Å². The van der Waals surface area contributed by atoms with Crippen molar-refractivity contribution in [2.24, 2.45) is 0 Å². The molecule has 2 aromatic rings. The van der Waals surface area contributed by atoms with E-state index in [0.29, 0.717) is 55.6 Å². The lowest BCUT2D eigenvalue weighted by Crippen LogP contribution is -2.42. The molecule has 8 nitrogen and oxygen atoms in total. The van der Waals surface area contributed by atoms with Gasteiger partial charge in [-0.15, -0.1) is 0 Å². The highest BCUT2D eigenvalue weighted by Crippen LogP contribution is 2.46. The number of amides is 1. The summed E-state index contributed by atoms with van der Waals surface area (Å²) in [5.41, 5.74) is -1.11. The maximum Gasteiger partial charge on any atom is 0.410 e. The lowest BCUT2D eigenvalue weighted by molar-refractivity contribution is 0.0258. The zero-order chi connectivity index (χ0) is 26.3. The van der Waals surface area contributed by atoms with Crippen LogP contribution >= 0.6 is 0 Å². The van der Waals surface area contributed by atoms with Crippen LogP contribution in [-0.2, 0) is 14.9 Å². The monoisotopic (exact) mass is 526 g/mol. The molecule has 0 spiro atoms. The molecule has 0 bridgehead atoms. The SMILES string of the molecule is CC(C)(C)OC(=O)N1CCCN(CCN2c3ccccc3N(c3c(F)cc(F)cc3F)S2(=O)=O)CC1. The van der Waals surface area contributed by atoms with Crippen LogP contribution in [0.2, 0.25) is 0 Å². The molecule has 2 aliphatic heterocycles. The van der Waals surface area contributed by atoms with Crippen LogP contribution in [0.3, 0.4) is 0 Å². The van der Waals surface area contributed by atoms with Gasteiger partial charge in [0.05, 0.1) is 11.4 Å². The fraction of sp³-hybridized carbons (Fsp3) is 0.458. The fourth-order valence-electron chi connectivity index (χ4n) is 4.33. The highest BCUT2D eigenvalue weighted by molar-refractivity contribution is 7.95. The third-order valence-corrected chi connectivity index (χ3v) is 7.70. The number of rotatable bonds is 4. The van der Waals surface area contributed by atoms with Crippen LogP contribution in [-0.4, -0.2) is 69.2 Å². The van der Waals surface area contributed by atoms with Gasteiger partial charge in [0.25, 0.3) is 0 Å². The Balaban J connectivity index is 1.51. The Bertz CT molecular complexity index is 1230. The van der Waals surface area contributed by atoms with Gasteiger partial charge < -0.3 is 9.64 Å². The van der Waals surface area contributed by atoms with E-state index in [0.717, 1.165) is 4.31 Å². The number of ether oxygens (including phenoxy) is 1. The quantitative estimate of drug-likeness (QED) is 0.596. The third kappa shape index (κ3) is 5.24. The normalized spacial score (nSPS) is 18.2. The van der Waals surface area contributed by atoms with Crippen molar-refractivity contribution in [1.82, 2.24) is 9.80 Å². The number of hydrogen-bond acceptors (Lipinski definition) is 5. The van der Waals surface area contributed by atoms with Gasteiger partial charge in [-0.2, -0.15) is 8.42 Å². The van der Waals surface area contributed by atoms with E-state index in [1.165, 1.54) is 6.07 Å². The molecule has 1 saturated heterocycles. The summed E-state index contributed by atoms with van der Waals surface area (Å²) in [6.07, 6.45) is 0.292. The molecule has 2 aliphatic rings. The van der Waals surface area contributed by atoms with Crippen LogP contribution < -0.4 is 8.61 Å². The number of carbonyl (C=O) groups is 1. The Kier molecular flexibility index (Phi) is 7.11.